The van der Waals surface area contributed by atoms with Crippen molar-refractivity contribution in [2.45, 2.75) is 64.0 Å². The van der Waals surface area contributed by atoms with Crippen LogP contribution in [0.5, 0.6) is 0 Å². The number of carboxylic acids is 1. The minimum Gasteiger partial charge on any atom is -0.481 e. The van der Waals surface area contributed by atoms with Gasteiger partial charge in [0.15, 0.2) is 0 Å². The van der Waals surface area contributed by atoms with Crippen LogP contribution in [0.4, 0.5) is 0 Å². The lowest BCUT2D eigenvalue weighted by Gasteiger charge is -2.40. The first-order valence-electron chi connectivity index (χ1n) is 7.76. The van der Waals surface area contributed by atoms with Crippen molar-refractivity contribution in [1.82, 2.24) is 4.90 Å². The van der Waals surface area contributed by atoms with E-state index in [2.05, 4.69) is 11.8 Å². The highest BCUT2D eigenvalue weighted by molar-refractivity contribution is 5.67. The van der Waals surface area contributed by atoms with Crippen molar-refractivity contribution in [3.05, 3.63) is 0 Å². The third-order valence-corrected chi connectivity index (χ3v) is 4.79. The van der Waals surface area contributed by atoms with Crippen LogP contribution in [0, 0.1) is 5.92 Å². The zero-order chi connectivity index (χ0) is 13.7. The van der Waals surface area contributed by atoms with Gasteiger partial charge in [-0.2, -0.15) is 0 Å². The van der Waals surface area contributed by atoms with Gasteiger partial charge in [0.1, 0.15) is 0 Å². The van der Waals surface area contributed by atoms with Crippen LogP contribution in [0.1, 0.15) is 51.9 Å². The van der Waals surface area contributed by atoms with E-state index >= 15 is 0 Å². The summed E-state index contributed by atoms with van der Waals surface area (Å²) < 4.78 is 5.47. The number of rotatable bonds is 4. The molecule has 0 aromatic carbocycles. The Morgan fingerprint density at radius 2 is 2.16 bits per heavy atom. The zero-order valence-electron chi connectivity index (χ0n) is 12.0. The Balaban J connectivity index is 1.94. The van der Waals surface area contributed by atoms with E-state index in [-0.39, 0.29) is 12.5 Å². The molecule has 0 spiro atoms. The van der Waals surface area contributed by atoms with E-state index in [4.69, 9.17) is 9.84 Å². The van der Waals surface area contributed by atoms with Gasteiger partial charge in [-0.25, -0.2) is 0 Å². The maximum Gasteiger partial charge on any atom is 0.305 e. The summed E-state index contributed by atoms with van der Waals surface area (Å²) in [6.07, 6.45) is 7.91. The fraction of sp³-hybridized carbons (Fsp3) is 0.933. The minimum atomic E-state index is -0.708. The van der Waals surface area contributed by atoms with Crippen LogP contribution in [-0.4, -0.2) is 47.8 Å². The molecule has 4 heteroatoms. The summed E-state index contributed by atoms with van der Waals surface area (Å²) in [4.78, 5) is 13.4. The van der Waals surface area contributed by atoms with Gasteiger partial charge in [0.2, 0.25) is 0 Å². The van der Waals surface area contributed by atoms with Crippen molar-refractivity contribution < 1.29 is 14.6 Å². The largest absolute Gasteiger partial charge is 0.481 e. The van der Waals surface area contributed by atoms with Crippen LogP contribution in [0.15, 0.2) is 0 Å². The van der Waals surface area contributed by atoms with E-state index in [1.54, 1.807) is 0 Å². The van der Waals surface area contributed by atoms with Crippen molar-refractivity contribution >= 4 is 5.97 Å². The minimum absolute atomic E-state index is 0.0782. The lowest BCUT2D eigenvalue weighted by atomic mass is 9.97. The molecule has 2 fully saturated rings. The summed E-state index contributed by atoms with van der Waals surface area (Å²) in [5, 5.41) is 9.04. The average molecular weight is 269 g/mol. The number of hydrogen-bond donors (Lipinski definition) is 1. The molecule has 0 aromatic rings. The van der Waals surface area contributed by atoms with E-state index < -0.39 is 5.97 Å². The van der Waals surface area contributed by atoms with E-state index in [0.717, 1.165) is 19.1 Å². The Kier molecular flexibility index (Phi) is 5.64. The van der Waals surface area contributed by atoms with Gasteiger partial charge in [-0.15, -0.1) is 0 Å². The normalized spacial score (nSPS) is 33.8. The summed E-state index contributed by atoms with van der Waals surface area (Å²) in [6.45, 7) is 4.52. The quantitative estimate of drug-likeness (QED) is 0.797. The molecule has 0 aromatic heterocycles. The molecule has 1 heterocycles. The molecular weight excluding hydrogens is 242 g/mol. The van der Waals surface area contributed by atoms with Crippen LogP contribution in [0.2, 0.25) is 0 Å². The number of ether oxygens (including phenoxy) is 1. The number of nitrogens with zero attached hydrogens (tertiary/aromatic N) is 1. The van der Waals surface area contributed by atoms with Gasteiger partial charge in [-0.05, 0) is 25.2 Å². The van der Waals surface area contributed by atoms with Crippen molar-refractivity contribution in [2.75, 3.05) is 19.8 Å². The standard InChI is InChI=1S/C15H27NO3/c1-2-12-4-3-5-13(7-6-12)16-8-9-19-11-14(16)10-15(17)18/h12-14H,2-11H2,1H3,(H,17,18). The Morgan fingerprint density at radius 3 is 2.89 bits per heavy atom. The molecule has 0 bridgehead atoms. The molecule has 0 amide bonds. The Morgan fingerprint density at radius 1 is 1.32 bits per heavy atom. The van der Waals surface area contributed by atoms with Gasteiger partial charge in [0.05, 0.1) is 19.6 Å². The molecule has 2 aliphatic rings. The molecule has 0 radical (unpaired) electrons. The second-order valence-electron chi connectivity index (χ2n) is 6.00. The van der Waals surface area contributed by atoms with Crippen LogP contribution in [-0.2, 0) is 9.53 Å². The summed E-state index contributed by atoms with van der Waals surface area (Å²) in [6, 6.07) is 0.652. The van der Waals surface area contributed by atoms with Crippen LogP contribution >= 0.6 is 0 Å². The van der Waals surface area contributed by atoms with Gasteiger partial charge in [0, 0.05) is 18.6 Å². The summed E-state index contributed by atoms with van der Waals surface area (Å²) >= 11 is 0. The van der Waals surface area contributed by atoms with E-state index in [9.17, 15) is 4.79 Å². The van der Waals surface area contributed by atoms with Crippen LogP contribution < -0.4 is 0 Å². The molecule has 1 N–H and O–H groups in total. The molecule has 3 atom stereocenters. The van der Waals surface area contributed by atoms with E-state index in [1.165, 1.54) is 38.5 Å². The van der Waals surface area contributed by atoms with E-state index in [1.807, 2.05) is 0 Å². The van der Waals surface area contributed by atoms with Crippen LogP contribution in [0.3, 0.4) is 0 Å². The molecule has 110 valence electrons. The first-order chi connectivity index (χ1) is 9.20. The Labute approximate surface area is 116 Å². The van der Waals surface area contributed by atoms with Gasteiger partial charge >= 0.3 is 5.97 Å². The third kappa shape index (κ3) is 4.18. The van der Waals surface area contributed by atoms with Crippen LogP contribution in [0.25, 0.3) is 0 Å². The fourth-order valence-corrected chi connectivity index (χ4v) is 3.62. The first-order valence-corrected chi connectivity index (χ1v) is 7.76. The molecule has 3 unspecified atom stereocenters. The SMILES string of the molecule is CCC1CCCC(N2CCOCC2CC(=O)O)CC1. The van der Waals surface area contributed by atoms with Crippen molar-refractivity contribution in [3.8, 4) is 0 Å². The lowest BCUT2D eigenvalue weighted by molar-refractivity contribution is -0.141. The average Bonchev–Trinajstić information content (AvgIpc) is 2.64. The van der Waals surface area contributed by atoms with Gasteiger partial charge in [0.25, 0.3) is 0 Å². The van der Waals surface area contributed by atoms with E-state index in [0.29, 0.717) is 12.6 Å². The number of aliphatic carboxylic acids is 1. The monoisotopic (exact) mass is 269 g/mol. The smallest absolute Gasteiger partial charge is 0.305 e. The van der Waals surface area contributed by atoms with Gasteiger partial charge in [-0.3, -0.25) is 9.69 Å². The molecule has 4 nitrogen and oxygen atoms in total. The predicted octanol–water partition coefficient (Wildman–Crippen LogP) is 2.52. The number of carboxylic acid groups (broad SMARTS) is 1. The van der Waals surface area contributed by atoms with Crippen molar-refractivity contribution in [1.29, 1.82) is 0 Å². The topological polar surface area (TPSA) is 49.8 Å². The second kappa shape index (κ2) is 7.25. The van der Waals surface area contributed by atoms with Crippen molar-refractivity contribution in [2.24, 2.45) is 5.92 Å². The van der Waals surface area contributed by atoms with Gasteiger partial charge < -0.3 is 9.84 Å². The molecule has 1 saturated carbocycles. The Hall–Kier alpha value is -0.610. The maximum atomic E-state index is 11.0. The first kappa shape index (κ1) is 14.8. The highest BCUT2D eigenvalue weighted by atomic mass is 16.5. The molecule has 1 aliphatic carbocycles. The molecule has 19 heavy (non-hydrogen) atoms. The van der Waals surface area contributed by atoms with Crippen molar-refractivity contribution in [3.63, 3.8) is 0 Å². The summed E-state index contributed by atoms with van der Waals surface area (Å²) in [5.41, 5.74) is 0. The predicted molar refractivity (Wildman–Crippen MR) is 74.2 cm³/mol. The molecule has 1 aliphatic heterocycles. The molecule has 2 rings (SSSR count). The second-order valence-corrected chi connectivity index (χ2v) is 6.00. The maximum absolute atomic E-state index is 11.0. The zero-order valence-corrected chi connectivity index (χ0v) is 12.0. The van der Waals surface area contributed by atoms with Gasteiger partial charge in [-0.1, -0.05) is 26.2 Å². The highest BCUT2D eigenvalue weighted by Crippen LogP contribution is 2.30. The lowest BCUT2D eigenvalue weighted by Crippen LogP contribution is -2.51. The highest BCUT2D eigenvalue weighted by Gasteiger charge is 2.31. The Bertz CT molecular complexity index is 295. The summed E-state index contributed by atoms with van der Waals surface area (Å²) in [7, 11) is 0. The number of hydrogen-bond acceptors (Lipinski definition) is 3. The fourth-order valence-electron chi connectivity index (χ4n) is 3.62. The molecular formula is C15H27NO3. The number of carbonyl (C=O) groups is 1. The summed E-state index contributed by atoms with van der Waals surface area (Å²) in [5.74, 6) is 0.171. The third-order valence-electron chi connectivity index (χ3n) is 4.79. The number of morpholine rings is 1. The molecule has 1 saturated heterocycles.